The normalized spacial score (nSPS) is 11.8. The van der Waals surface area contributed by atoms with Crippen molar-refractivity contribution in [1.29, 1.82) is 0 Å². The van der Waals surface area contributed by atoms with Gasteiger partial charge in [-0.3, -0.25) is 4.79 Å². The largest absolute Gasteiger partial charge is 0.396 e. The van der Waals surface area contributed by atoms with Gasteiger partial charge in [-0.15, -0.1) is 0 Å². The molecular formula is C11H22O4S. The van der Waals surface area contributed by atoms with E-state index in [-0.39, 0.29) is 24.9 Å². The number of hydrogen-bond acceptors (Lipinski definition) is 5. The summed E-state index contributed by atoms with van der Waals surface area (Å²) in [7, 11) is 0. The average molecular weight is 250 g/mol. The zero-order valence-corrected chi connectivity index (χ0v) is 10.6. The number of hydrogen-bond donors (Lipinski definition) is 3. The van der Waals surface area contributed by atoms with E-state index in [0.29, 0.717) is 6.42 Å². The molecule has 0 unspecified atom stereocenters. The second-order valence-electron chi connectivity index (χ2n) is 4.13. The summed E-state index contributed by atoms with van der Waals surface area (Å²) in [5, 5.41) is 27.4. The molecule has 3 N–H and O–H groups in total. The van der Waals surface area contributed by atoms with Gasteiger partial charge >= 0.3 is 0 Å². The molecule has 0 fully saturated rings. The fourth-order valence-corrected chi connectivity index (χ4v) is 2.02. The Morgan fingerprint density at radius 2 is 1.62 bits per heavy atom. The highest BCUT2D eigenvalue weighted by atomic mass is 32.2. The molecule has 16 heavy (non-hydrogen) atoms. The minimum absolute atomic E-state index is 0.135. The van der Waals surface area contributed by atoms with Crippen LogP contribution in [0.3, 0.4) is 0 Å². The quantitative estimate of drug-likeness (QED) is 0.527. The summed E-state index contributed by atoms with van der Waals surface area (Å²) >= 11 is 1.32. The van der Waals surface area contributed by atoms with Gasteiger partial charge in [-0.1, -0.05) is 24.6 Å². The zero-order chi connectivity index (χ0) is 12.4. The predicted molar refractivity (Wildman–Crippen MR) is 65.3 cm³/mol. The van der Waals surface area contributed by atoms with Gasteiger partial charge in [0.2, 0.25) is 0 Å². The van der Waals surface area contributed by atoms with Crippen molar-refractivity contribution in [2.45, 2.75) is 32.6 Å². The number of thioether (sulfide) groups is 1. The molecule has 0 atom stereocenters. The van der Waals surface area contributed by atoms with Gasteiger partial charge in [0.1, 0.15) is 0 Å². The van der Waals surface area contributed by atoms with E-state index >= 15 is 0 Å². The maximum absolute atomic E-state index is 10.6. The minimum atomic E-state index is -0.742. The first-order valence-corrected chi connectivity index (χ1v) is 6.55. The molecule has 0 bridgehead atoms. The van der Waals surface area contributed by atoms with Crippen LogP contribution < -0.4 is 0 Å². The molecule has 5 heteroatoms. The van der Waals surface area contributed by atoms with Crippen LogP contribution in [0, 0.1) is 5.41 Å². The topological polar surface area (TPSA) is 77.8 Å². The van der Waals surface area contributed by atoms with Crippen molar-refractivity contribution < 1.29 is 20.1 Å². The number of carbonyl (C=O) groups is 1. The Morgan fingerprint density at radius 1 is 1.06 bits per heavy atom. The lowest BCUT2D eigenvalue weighted by Gasteiger charge is -2.27. The van der Waals surface area contributed by atoms with Crippen LogP contribution >= 0.6 is 11.8 Å². The third kappa shape index (κ3) is 6.48. The van der Waals surface area contributed by atoms with E-state index in [1.807, 2.05) is 0 Å². The molecular weight excluding hydrogens is 228 g/mol. The van der Waals surface area contributed by atoms with Crippen molar-refractivity contribution in [3.8, 4) is 0 Å². The maximum Gasteiger partial charge on any atom is 0.185 e. The Balaban J connectivity index is 3.59. The minimum Gasteiger partial charge on any atom is -0.396 e. The van der Waals surface area contributed by atoms with Crippen molar-refractivity contribution in [2.75, 3.05) is 25.6 Å². The molecule has 0 aliphatic rings. The Morgan fingerprint density at radius 3 is 2.06 bits per heavy atom. The lowest BCUT2D eigenvalue weighted by molar-refractivity contribution is -0.109. The molecule has 0 rings (SSSR count). The smallest absolute Gasteiger partial charge is 0.185 e. The Kier molecular flexibility index (Phi) is 8.93. The van der Waals surface area contributed by atoms with Crippen molar-refractivity contribution in [3.05, 3.63) is 0 Å². The summed E-state index contributed by atoms with van der Waals surface area (Å²) < 4.78 is 0. The summed E-state index contributed by atoms with van der Waals surface area (Å²) in [5.74, 6) is 0.819. The van der Waals surface area contributed by atoms with Crippen LogP contribution in [0.2, 0.25) is 0 Å². The maximum atomic E-state index is 10.6. The molecule has 0 aromatic heterocycles. The number of unbranched alkanes of at least 4 members (excludes halogenated alkanes) is 2. The lowest BCUT2D eigenvalue weighted by Crippen LogP contribution is -2.33. The van der Waals surface area contributed by atoms with Gasteiger partial charge in [0.15, 0.2) is 5.12 Å². The Bertz CT molecular complexity index is 184. The molecule has 0 spiro atoms. The fraction of sp³-hybridized carbons (Fsp3) is 0.909. The zero-order valence-electron chi connectivity index (χ0n) is 9.81. The van der Waals surface area contributed by atoms with E-state index in [1.165, 1.54) is 11.8 Å². The van der Waals surface area contributed by atoms with Crippen LogP contribution in [0.5, 0.6) is 0 Å². The Hall–Kier alpha value is -0.100. The molecule has 0 aliphatic heterocycles. The SMILES string of the molecule is CC(=O)SCCCCCC(CO)(CO)CO. The van der Waals surface area contributed by atoms with E-state index in [1.54, 1.807) is 6.92 Å². The van der Waals surface area contributed by atoms with Crippen LogP contribution in [0.25, 0.3) is 0 Å². The third-order valence-electron chi connectivity index (χ3n) is 2.66. The van der Waals surface area contributed by atoms with Gasteiger partial charge in [0, 0.05) is 18.1 Å². The molecule has 0 saturated carbocycles. The molecule has 0 radical (unpaired) electrons. The lowest BCUT2D eigenvalue weighted by atomic mass is 9.85. The van der Waals surface area contributed by atoms with Crippen molar-refractivity contribution >= 4 is 16.9 Å². The first-order valence-electron chi connectivity index (χ1n) is 5.56. The third-order valence-corrected chi connectivity index (χ3v) is 3.56. The highest BCUT2D eigenvalue weighted by Crippen LogP contribution is 2.23. The molecule has 0 heterocycles. The first kappa shape index (κ1) is 15.9. The molecule has 0 saturated heterocycles. The van der Waals surface area contributed by atoms with Crippen LogP contribution in [-0.2, 0) is 4.79 Å². The molecule has 0 aromatic carbocycles. The van der Waals surface area contributed by atoms with Gasteiger partial charge in [0.05, 0.1) is 19.8 Å². The summed E-state index contributed by atoms with van der Waals surface area (Å²) in [6.07, 6.45) is 3.35. The van der Waals surface area contributed by atoms with Crippen LogP contribution in [0.15, 0.2) is 0 Å². The molecule has 0 aliphatic carbocycles. The van der Waals surface area contributed by atoms with E-state index in [2.05, 4.69) is 0 Å². The number of carbonyl (C=O) groups excluding carboxylic acids is 1. The molecule has 96 valence electrons. The number of aliphatic hydroxyl groups is 3. The van der Waals surface area contributed by atoms with E-state index in [9.17, 15) is 4.79 Å². The van der Waals surface area contributed by atoms with Crippen molar-refractivity contribution in [2.24, 2.45) is 5.41 Å². The van der Waals surface area contributed by atoms with Crippen LogP contribution in [0.1, 0.15) is 32.6 Å². The second kappa shape index (κ2) is 8.98. The van der Waals surface area contributed by atoms with E-state index < -0.39 is 5.41 Å². The summed E-state index contributed by atoms with van der Waals surface area (Å²) in [6.45, 7) is 0.978. The first-order chi connectivity index (χ1) is 7.60. The molecule has 4 nitrogen and oxygen atoms in total. The van der Waals surface area contributed by atoms with Gasteiger partial charge in [-0.05, 0) is 12.8 Å². The summed E-state index contributed by atoms with van der Waals surface area (Å²) in [5.41, 5.74) is -0.742. The van der Waals surface area contributed by atoms with Crippen molar-refractivity contribution in [1.82, 2.24) is 0 Å². The van der Waals surface area contributed by atoms with E-state index in [4.69, 9.17) is 15.3 Å². The van der Waals surface area contributed by atoms with E-state index in [0.717, 1.165) is 25.0 Å². The number of aliphatic hydroxyl groups excluding tert-OH is 3. The second-order valence-corrected chi connectivity index (χ2v) is 5.40. The monoisotopic (exact) mass is 250 g/mol. The molecule has 0 amide bonds. The highest BCUT2D eigenvalue weighted by Gasteiger charge is 2.26. The van der Waals surface area contributed by atoms with Gasteiger partial charge < -0.3 is 15.3 Å². The van der Waals surface area contributed by atoms with Crippen LogP contribution in [-0.4, -0.2) is 46.0 Å². The average Bonchev–Trinajstić information content (AvgIpc) is 2.29. The highest BCUT2D eigenvalue weighted by molar-refractivity contribution is 8.13. The van der Waals surface area contributed by atoms with Crippen LogP contribution in [0.4, 0.5) is 0 Å². The van der Waals surface area contributed by atoms with Gasteiger partial charge in [-0.2, -0.15) is 0 Å². The summed E-state index contributed by atoms with van der Waals surface area (Å²) in [4.78, 5) is 10.6. The number of rotatable bonds is 9. The standard InChI is InChI=1S/C11H22O4S/c1-10(15)16-6-4-2-3-5-11(7-12,8-13)9-14/h12-14H,2-9H2,1H3. The Labute approximate surface area is 101 Å². The van der Waals surface area contributed by atoms with Gasteiger partial charge in [0.25, 0.3) is 0 Å². The fourth-order valence-electron chi connectivity index (χ4n) is 1.38. The van der Waals surface area contributed by atoms with Crippen molar-refractivity contribution in [3.63, 3.8) is 0 Å². The summed E-state index contributed by atoms with van der Waals surface area (Å²) in [6, 6.07) is 0. The predicted octanol–water partition coefficient (Wildman–Crippen LogP) is 0.790. The molecule has 0 aromatic rings. The van der Waals surface area contributed by atoms with Gasteiger partial charge in [-0.25, -0.2) is 0 Å².